The normalized spacial score (nSPS) is 20.6. The zero-order chi connectivity index (χ0) is 15.3. The van der Waals surface area contributed by atoms with Crippen molar-refractivity contribution in [3.8, 4) is 0 Å². The van der Waals surface area contributed by atoms with E-state index in [0.717, 1.165) is 31.8 Å². The van der Waals surface area contributed by atoms with Gasteiger partial charge in [0.25, 0.3) is 0 Å². The van der Waals surface area contributed by atoms with Gasteiger partial charge in [-0.15, -0.1) is 0 Å². The number of nitrogens with one attached hydrogen (secondary N) is 1. The number of imidazole rings is 1. The standard InChI is InChI=1S/C16H27F2N3/c1-3-10-21-11-9-20-15(21)12-14(19-4-2)13-5-7-16(17,18)8-6-13/h9,11,13-14,19H,3-8,10,12H2,1-2H3. The van der Waals surface area contributed by atoms with E-state index in [1.807, 2.05) is 12.4 Å². The lowest BCUT2D eigenvalue weighted by atomic mass is 9.81. The molecule has 3 nitrogen and oxygen atoms in total. The molecular weight excluding hydrogens is 272 g/mol. The lowest BCUT2D eigenvalue weighted by molar-refractivity contribution is -0.0495. The van der Waals surface area contributed by atoms with Gasteiger partial charge in [-0.05, 0) is 31.7 Å². The molecule has 1 unspecified atom stereocenters. The number of hydrogen-bond acceptors (Lipinski definition) is 2. The highest BCUT2D eigenvalue weighted by molar-refractivity contribution is 4.98. The Labute approximate surface area is 126 Å². The minimum atomic E-state index is -2.45. The number of alkyl halides is 2. The smallest absolute Gasteiger partial charge is 0.248 e. The van der Waals surface area contributed by atoms with E-state index in [1.165, 1.54) is 0 Å². The number of rotatable bonds is 7. The monoisotopic (exact) mass is 299 g/mol. The second-order valence-electron chi connectivity index (χ2n) is 6.10. The van der Waals surface area contributed by atoms with E-state index in [2.05, 4.69) is 28.7 Å². The van der Waals surface area contributed by atoms with Gasteiger partial charge in [-0.25, -0.2) is 13.8 Å². The number of likely N-dealkylation sites (N-methyl/N-ethyl adjacent to an activating group) is 1. The van der Waals surface area contributed by atoms with Crippen molar-refractivity contribution in [2.24, 2.45) is 5.92 Å². The number of aryl methyl sites for hydroxylation is 1. The Morgan fingerprint density at radius 3 is 2.71 bits per heavy atom. The molecule has 1 saturated carbocycles. The first kappa shape index (κ1) is 16.4. The van der Waals surface area contributed by atoms with Crippen LogP contribution in [0.15, 0.2) is 12.4 Å². The van der Waals surface area contributed by atoms with Crippen molar-refractivity contribution in [3.63, 3.8) is 0 Å². The third-order valence-electron chi connectivity index (χ3n) is 4.47. The first-order valence-electron chi connectivity index (χ1n) is 8.17. The summed E-state index contributed by atoms with van der Waals surface area (Å²) in [5, 5.41) is 3.49. The van der Waals surface area contributed by atoms with E-state index >= 15 is 0 Å². The maximum atomic E-state index is 13.3. The van der Waals surface area contributed by atoms with Crippen molar-refractivity contribution in [1.82, 2.24) is 14.9 Å². The summed E-state index contributed by atoms with van der Waals surface area (Å²) in [7, 11) is 0. The Morgan fingerprint density at radius 2 is 2.10 bits per heavy atom. The summed E-state index contributed by atoms with van der Waals surface area (Å²) in [6, 6.07) is 0.254. The van der Waals surface area contributed by atoms with Gasteiger partial charge in [-0.2, -0.15) is 0 Å². The molecule has 1 aliphatic rings. The molecule has 1 N–H and O–H groups in total. The van der Waals surface area contributed by atoms with E-state index < -0.39 is 5.92 Å². The van der Waals surface area contributed by atoms with Crippen LogP contribution in [0.25, 0.3) is 0 Å². The molecule has 21 heavy (non-hydrogen) atoms. The predicted molar refractivity (Wildman–Crippen MR) is 80.6 cm³/mol. The maximum Gasteiger partial charge on any atom is 0.248 e. The van der Waals surface area contributed by atoms with Crippen molar-refractivity contribution in [3.05, 3.63) is 18.2 Å². The molecule has 5 heteroatoms. The van der Waals surface area contributed by atoms with Gasteiger partial charge in [-0.1, -0.05) is 13.8 Å². The van der Waals surface area contributed by atoms with Gasteiger partial charge in [0.15, 0.2) is 0 Å². The van der Waals surface area contributed by atoms with Gasteiger partial charge in [0.2, 0.25) is 5.92 Å². The summed E-state index contributed by atoms with van der Waals surface area (Å²) in [5.41, 5.74) is 0. The van der Waals surface area contributed by atoms with Crippen LogP contribution in [0, 0.1) is 5.92 Å². The van der Waals surface area contributed by atoms with E-state index in [4.69, 9.17) is 0 Å². The van der Waals surface area contributed by atoms with Crippen LogP contribution in [0.1, 0.15) is 51.8 Å². The van der Waals surface area contributed by atoms with Crippen LogP contribution in [0.3, 0.4) is 0 Å². The van der Waals surface area contributed by atoms with E-state index in [0.29, 0.717) is 18.8 Å². The van der Waals surface area contributed by atoms with Crippen LogP contribution in [0.5, 0.6) is 0 Å². The third kappa shape index (κ3) is 4.50. The molecular formula is C16H27F2N3. The number of aromatic nitrogens is 2. The SMILES string of the molecule is CCCn1ccnc1CC(NCC)C1CCC(F)(F)CC1. The Hall–Kier alpha value is -0.970. The summed E-state index contributed by atoms with van der Waals surface area (Å²) in [6.07, 6.45) is 7.03. The number of nitrogens with zero attached hydrogens (tertiary/aromatic N) is 2. The summed E-state index contributed by atoms with van der Waals surface area (Å²) < 4.78 is 28.8. The second-order valence-corrected chi connectivity index (χ2v) is 6.10. The highest BCUT2D eigenvalue weighted by Crippen LogP contribution is 2.37. The van der Waals surface area contributed by atoms with Gasteiger partial charge < -0.3 is 9.88 Å². The van der Waals surface area contributed by atoms with Crippen molar-refractivity contribution in [2.45, 2.75) is 70.9 Å². The Bertz CT molecular complexity index is 421. The van der Waals surface area contributed by atoms with Crippen molar-refractivity contribution in [1.29, 1.82) is 0 Å². The largest absolute Gasteiger partial charge is 0.335 e. The zero-order valence-electron chi connectivity index (χ0n) is 13.1. The minimum Gasteiger partial charge on any atom is -0.335 e. The minimum absolute atomic E-state index is 0.0307. The average Bonchev–Trinajstić information content (AvgIpc) is 2.86. The van der Waals surface area contributed by atoms with Crippen LogP contribution in [-0.2, 0) is 13.0 Å². The van der Waals surface area contributed by atoms with Crippen molar-refractivity contribution >= 4 is 0 Å². The van der Waals surface area contributed by atoms with Gasteiger partial charge in [0.1, 0.15) is 5.82 Å². The molecule has 0 aromatic carbocycles. The topological polar surface area (TPSA) is 29.9 Å². The Morgan fingerprint density at radius 1 is 1.38 bits per heavy atom. The lowest BCUT2D eigenvalue weighted by Crippen LogP contribution is -2.41. The van der Waals surface area contributed by atoms with E-state index in [-0.39, 0.29) is 18.9 Å². The third-order valence-corrected chi connectivity index (χ3v) is 4.47. The molecule has 1 fully saturated rings. The fourth-order valence-electron chi connectivity index (χ4n) is 3.30. The molecule has 1 aromatic heterocycles. The Balaban J connectivity index is 2.00. The molecule has 1 atom stereocenters. The quantitative estimate of drug-likeness (QED) is 0.833. The van der Waals surface area contributed by atoms with Gasteiger partial charge in [0, 0.05) is 44.2 Å². The van der Waals surface area contributed by atoms with Gasteiger partial charge in [-0.3, -0.25) is 0 Å². The van der Waals surface area contributed by atoms with Crippen LogP contribution in [0.4, 0.5) is 8.78 Å². The highest BCUT2D eigenvalue weighted by Gasteiger charge is 2.37. The van der Waals surface area contributed by atoms with E-state index in [9.17, 15) is 8.78 Å². The number of hydrogen-bond donors (Lipinski definition) is 1. The second kappa shape index (κ2) is 7.34. The first-order valence-corrected chi connectivity index (χ1v) is 8.17. The van der Waals surface area contributed by atoms with Crippen LogP contribution < -0.4 is 5.32 Å². The molecule has 1 heterocycles. The maximum absolute atomic E-state index is 13.3. The molecule has 0 saturated heterocycles. The van der Waals surface area contributed by atoms with E-state index in [1.54, 1.807) is 0 Å². The molecule has 120 valence electrons. The fraction of sp³-hybridized carbons (Fsp3) is 0.812. The van der Waals surface area contributed by atoms with Crippen LogP contribution in [0.2, 0.25) is 0 Å². The molecule has 0 aliphatic heterocycles. The summed E-state index contributed by atoms with van der Waals surface area (Å²) in [6.45, 7) is 6.06. The predicted octanol–water partition coefficient (Wildman–Crippen LogP) is 3.64. The van der Waals surface area contributed by atoms with Gasteiger partial charge in [0.05, 0.1) is 0 Å². The first-order chi connectivity index (χ1) is 10.1. The van der Waals surface area contributed by atoms with Crippen LogP contribution in [-0.4, -0.2) is 28.1 Å². The average molecular weight is 299 g/mol. The molecule has 0 spiro atoms. The fourth-order valence-corrected chi connectivity index (χ4v) is 3.30. The van der Waals surface area contributed by atoms with Crippen LogP contribution >= 0.6 is 0 Å². The molecule has 0 bridgehead atoms. The number of halogens is 2. The molecule has 1 aromatic rings. The molecule has 0 amide bonds. The molecule has 0 radical (unpaired) electrons. The van der Waals surface area contributed by atoms with Crippen molar-refractivity contribution < 1.29 is 8.78 Å². The summed E-state index contributed by atoms with van der Waals surface area (Å²) in [4.78, 5) is 4.46. The highest BCUT2D eigenvalue weighted by atomic mass is 19.3. The molecule has 2 rings (SSSR count). The van der Waals surface area contributed by atoms with Gasteiger partial charge >= 0.3 is 0 Å². The lowest BCUT2D eigenvalue weighted by Gasteiger charge is -2.34. The zero-order valence-corrected chi connectivity index (χ0v) is 13.1. The summed E-state index contributed by atoms with van der Waals surface area (Å²) in [5.74, 6) is -1.05. The molecule has 1 aliphatic carbocycles. The summed E-state index contributed by atoms with van der Waals surface area (Å²) >= 11 is 0. The van der Waals surface area contributed by atoms with Crippen molar-refractivity contribution in [2.75, 3.05) is 6.54 Å². The Kier molecular flexibility index (Phi) is 5.73.